The molecule has 12 aromatic rings. The topological polar surface area (TPSA) is 16.4 Å². The summed E-state index contributed by atoms with van der Waals surface area (Å²) in [5, 5.41) is 9.70. The number of para-hydroxylation sites is 1. The SMILES string of the molecule is c1ccc2c(c1)-c1ccc(N(c3ccc4ccccc4c3)c3ccc4c(c3)oc3ccccc34)cc1C21c2ccccc2-c2cccc3ccc(-c4cccc5ccccc45)c1c23. The van der Waals surface area contributed by atoms with Crippen LogP contribution in [0.5, 0.6) is 0 Å². The minimum atomic E-state index is -0.642. The van der Waals surface area contributed by atoms with Crippen LogP contribution in [0.15, 0.2) is 229 Å². The van der Waals surface area contributed by atoms with Gasteiger partial charge in [0.25, 0.3) is 0 Å². The number of benzene rings is 11. The quantitative estimate of drug-likeness (QED) is 0.176. The molecule has 292 valence electrons. The molecule has 0 fully saturated rings. The zero-order valence-electron chi connectivity index (χ0n) is 34.2. The van der Waals surface area contributed by atoms with Crippen molar-refractivity contribution in [2.24, 2.45) is 0 Å². The molecule has 63 heavy (non-hydrogen) atoms. The molecule has 2 heteroatoms. The standard InChI is InChI=1S/C61H37NO/c1-2-15-41-35-42(29-27-38(41)13-1)62(44-31-34-51-50-21-7-10-26-57(50)63-58(51)37-44)43-30-33-49-47-19-5-8-24-54(47)61(56(49)36-43)55-25-9-6-20-48(55)52-23-12-17-40-28-32-53(60(61)59(40)52)46-22-11-16-39-14-3-4-18-45(39)46/h1-37H. The first-order valence-electron chi connectivity index (χ1n) is 21.8. The first kappa shape index (κ1) is 34.5. The monoisotopic (exact) mass is 799 g/mol. The van der Waals surface area contributed by atoms with Crippen LogP contribution < -0.4 is 4.90 Å². The van der Waals surface area contributed by atoms with E-state index < -0.39 is 5.41 Å². The highest BCUT2D eigenvalue weighted by molar-refractivity contribution is 6.12. The summed E-state index contributed by atoms with van der Waals surface area (Å²) in [6.07, 6.45) is 0. The molecule has 1 unspecified atom stereocenters. The molecular formula is C61H37NO. The second-order valence-electron chi connectivity index (χ2n) is 17.1. The summed E-state index contributed by atoms with van der Waals surface area (Å²) < 4.78 is 6.56. The third-order valence-electron chi connectivity index (χ3n) is 14.0. The lowest BCUT2D eigenvalue weighted by molar-refractivity contribution is 0.669. The Bertz CT molecular complexity index is 3890. The molecule has 1 heterocycles. The molecule has 2 aliphatic rings. The number of anilines is 3. The Kier molecular flexibility index (Phi) is 7.07. The van der Waals surface area contributed by atoms with Crippen molar-refractivity contribution < 1.29 is 4.42 Å². The number of nitrogens with zero attached hydrogens (tertiary/aromatic N) is 1. The molecule has 0 N–H and O–H groups in total. The van der Waals surface area contributed by atoms with E-state index in [4.69, 9.17) is 4.42 Å². The Labute approximate surface area is 364 Å². The molecule has 0 amide bonds. The van der Waals surface area contributed by atoms with Crippen molar-refractivity contribution >= 4 is 71.3 Å². The average Bonchev–Trinajstić information content (AvgIpc) is 3.86. The van der Waals surface area contributed by atoms with Crippen LogP contribution in [0.25, 0.3) is 87.6 Å². The molecular weight excluding hydrogens is 763 g/mol. The second-order valence-corrected chi connectivity index (χ2v) is 17.1. The van der Waals surface area contributed by atoms with Gasteiger partial charge >= 0.3 is 0 Å². The van der Waals surface area contributed by atoms with E-state index in [-0.39, 0.29) is 0 Å². The molecule has 1 spiro atoms. The van der Waals surface area contributed by atoms with Gasteiger partial charge in [0.05, 0.1) is 5.41 Å². The Morgan fingerprint density at radius 2 is 0.841 bits per heavy atom. The van der Waals surface area contributed by atoms with Crippen LogP contribution in [0.2, 0.25) is 0 Å². The number of furan rings is 1. The van der Waals surface area contributed by atoms with E-state index in [1.54, 1.807) is 0 Å². The van der Waals surface area contributed by atoms with Crippen LogP contribution in [0, 0.1) is 0 Å². The molecule has 0 radical (unpaired) electrons. The van der Waals surface area contributed by atoms with Gasteiger partial charge in [0.15, 0.2) is 0 Å². The first-order valence-corrected chi connectivity index (χ1v) is 21.8. The van der Waals surface area contributed by atoms with Gasteiger partial charge in [0.1, 0.15) is 11.2 Å². The van der Waals surface area contributed by atoms with Crippen LogP contribution >= 0.6 is 0 Å². The van der Waals surface area contributed by atoms with Gasteiger partial charge in [0, 0.05) is 33.9 Å². The fourth-order valence-corrected chi connectivity index (χ4v) is 11.4. The smallest absolute Gasteiger partial charge is 0.137 e. The largest absolute Gasteiger partial charge is 0.456 e. The third kappa shape index (κ3) is 4.72. The van der Waals surface area contributed by atoms with Gasteiger partial charge in [-0.05, 0) is 130 Å². The van der Waals surface area contributed by atoms with E-state index in [9.17, 15) is 0 Å². The predicted octanol–water partition coefficient (Wildman–Crippen LogP) is 16.5. The summed E-state index contributed by atoms with van der Waals surface area (Å²) in [4.78, 5) is 2.42. The lowest BCUT2D eigenvalue weighted by Crippen LogP contribution is -2.32. The van der Waals surface area contributed by atoms with Crippen LogP contribution in [0.4, 0.5) is 17.1 Å². The van der Waals surface area contributed by atoms with Crippen molar-refractivity contribution in [1.82, 2.24) is 0 Å². The third-order valence-corrected chi connectivity index (χ3v) is 14.0. The van der Waals surface area contributed by atoms with Crippen LogP contribution in [0.1, 0.15) is 22.3 Å². The van der Waals surface area contributed by atoms with Gasteiger partial charge < -0.3 is 9.32 Å². The summed E-state index contributed by atoms with van der Waals surface area (Å²) in [5.41, 5.74) is 17.2. The number of rotatable bonds is 4. The van der Waals surface area contributed by atoms with Gasteiger partial charge in [0.2, 0.25) is 0 Å². The maximum Gasteiger partial charge on any atom is 0.137 e. The summed E-state index contributed by atoms with van der Waals surface area (Å²) in [7, 11) is 0. The molecule has 14 rings (SSSR count). The average molecular weight is 800 g/mol. The summed E-state index contributed by atoms with van der Waals surface area (Å²) >= 11 is 0. The number of hydrogen-bond acceptors (Lipinski definition) is 2. The Balaban J connectivity index is 1.11. The Morgan fingerprint density at radius 3 is 1.70 bits per heavy atom. The molecule has 1 aromatic heterocycles. The highest BCUT2D eigenvalue weighted by Crippen LogP contribution is 2.64. The van der Waals surface area contributed by atoms with Crippen LogP contribution in [-0.2, 0) is 5.41 Å². The minimum Gasteiger partial charge on any atom is -0.456 e. The minimum absolute atomic E-state index is 0.642. The fourth-order valence-electron chi connectivity index (χ4n) is 11.4. The molecule has 0 saturated carbocycles. The molecule has 2 nitrogen and oxygen atoms in total. The lowest BCUT2D eigenvalue weighted by atomic mass is 9.60. The summed E-state index contributed by atoms with van der Waals surface area (Å²) in [6, 6.07) is 83.2. The zero-order chi connectivity index (χ0) is 41.2. The van der Waals surface area contributed by atoms with E-state index in [0.717, 1.165) is 39.0 Å². The van der Waals surface area contributed by atoms with E-state index >= 15 is 0 Å². The highest BCUT2D eigenvalue weighted by atomic mass is 16.3. The van der Waals surface area contributed by atoms with Gasteiger partial charge in [-0.1, -0.05) is 176 Å². The van der Waals surface area contributed by atoms with Gasteiger partial charge in [-0.2, -0.15) is 0 Å². The zero-order valence-corrected chi connectivity index (χ0v) is 34.2. The second kappa shape index (κ2) is 12.9. The Morgan fingerprint density at radius 1 is 0.302 bits per heavy atom. The maximum absolute atomic E-state index is 6.56. The van der Waals surface area contributed by atoms with Crippen LogP contribution in [0.3, 0.4) is 0 Å². The predicted molar refractivity (Wildman–Crippen MR) is 263 cm³/mol. The van der Waals surface area contributed by atoms with Crippen molar-refractivity contribution in [2.75, 3.05) is 4.90 Å². The maximum atomic E-state index is 6.56. The first-order chi connectivity index (χ1) is 31.2. The van der Waals surface area contributed by atoms with E-state index in [1.165, 1.54) is 88.0 Å². The van der Waals surface area contributed by atoms with E-state index in [2.05, 4.69) is 223 Å². The van der Waals surface area contributed by atoms with Gasteiger partial charge in [-0.25, -0.2) is 0 Å². The molecule has 0 aliphatic heterocycles. The Hall–Kier alpha value is -8.20. The van der Waals surface area contributed by atoms with Crippen molar-refractivity contribution in [3.05, 3.63) is 247 Å². The van der Waals surface area contributed by atoms with Gasteiger partial charge in [-0.15, -0.1) is 0 Å². The van der Waals surface area contributed by atoms with Crippen molar-refractivity contribution in [3.63, 3.8) is 0 Å². The van der Waals surface area contributed by atoms with Gasteiger partial charge in [-0.3, -0.25) is 0 Å². The summed E-state index contributed by atoms with van der Waals surface area (Å²) in [5.74, 6) is 0. The lowest BCUT2D eigenvalue weighted by Gasteiger charge is -2.42. The summed E-state index contributed by atoms with van der Waals surface area (Å²) in [6.45, 7) is 0. The van der Waals surface area contributed by atoms with E-state index in [1.807, 2.05) is 6.07 Å². The highest BCUT2D eigenvalue weighted by Gasteiger charge is 2.51. The normalized spacial score (nSPS) is 14.7. The van der Waals surface area contributed by atoms with E-state index in [0.29, 0.717) is 0 Å². The van der Waals surface area contributed by atoms with Crippen molar-refractivity contribution in [3.8, 4) is 33.4 Å². The molecule has 1 atom stereocenters. The molecule has 0 bridgehead atoms. The van der Waals surface area contributed by atoms with Crippen molar-refractivity contribution in [1.29, 1.82) is 0 Å². The molecule has 2 aliphatic carbocycles. The molecule has 11 aromatic carbocycles. The number of hydrogen-bond donors (Lipinski definition) is 0. The fraction of sp³-hybridized carbons (Fsp3) is 0.0164. The molecule has 0 saturated heterocycles. The van der Waals surface area contributed by atoms with Crippen LogP contribution in [-0.4, -0.2) is 0 Å². The van der Waals surface area contributed by atoms with Crippen molar-refractivity contribution in [2.45, 2.75) is 5.41 Å². The number of fused-ring (bicyclic) bond motifs is 14.